The smallest absolute Gasteiger partial charge is 0.143 e. The maximum Gasteiger partial charge on any atom is 0.143 e. The molecule has 0 bridgehead atoms. The zero-order valence-electron chi connectivity index (χ0n) is 10.0. The summed E-state index contributed by atoms with van der Waals surface area (Å²) < 4.78 is 1.60. The minimum Gasteiger partial charge on any atom is -0.235 e. The van der Waals surface area contributed by atoms with Crippen LogP contribution in [0.2, 0.25) is 5.15 Å². The lowest BCUT2D eigenvalue weighted by Gasteiger charge is -2.09. The molecule has 0 aliphatic heterocycles. The van der Waals surface area contributed by atoms with Crippen molar-refractivity contribution in [2.75, 3.05) is 0 Å². The van der Waals surface area contributed by atoms with Crippen molar-refractivity contribution in [1.29, 1.82) is 0 Å². The van der Waals surface area contributed by atoms with E-state index in [1.807, 2.05) is 25.1 Å². The molecule has 19 heavy (non-hydrogen) atoms. The van der Waals surface area contributed by atoms with Crippen molar-refractivity contribution in [2.24, 2.45) is 0 Å². The van der Waals surface area contributed by atoms with Crippen LogP contribution in [-0.4, -0.2) is 25.2 Å². The van der Waals surface area contributed by atoms with E-state index < -0.39 is 0 Å². The van der Waals surface area contributed by atoms with Gasteiger partial charge in [-0.05, 0) is 29.5 Å². The fraction of sp³-hybridized carbons (Fsp3) is 0.167. The van der Waals surface area contributed by atoms with E-state index >= 15 is 0 Å². The Hall–Kier alpha value is -1.72. The summed E-state index contributed by atoms with van der Waals surface area (Å²) in [6.45, 7) is 1.96. The van der Waals surface area contributed by atoms with Crippen LogP contribution in [0.5, 0.6) is 0 Å². The molecule has 0 unspecified atom stereocenters. The summed E-state index contributed by atoms with van der Waals surface area (Å²) in [6.07, 6.45) is 1.54. The van der Waals surface area contributed by atoms with Gasteiger partial charge in [0.15, 0.2) is 0 Å². The molecule has 0 N–H and O–H groups in total. The number of nitrogens with zero attached hydrogens (tertiary/aromatic N) is 5. The largest absolute Gasteiger partial charge is 0.235 e. The fourth-order valence-electron chi connectivity index (χ4n) is 2.01. The predicted molar refractivity (Wildman–Crippen MR) is 73.8 cm³/mol. The minimum atomic E-state index is 0.343. The maximum atomic E-state index is 6.11. The molecule has 3 rings (SSSR count). The van der Waals surface area contributed by atoms with Crippen molar-refractivity contribution in [1.82, 2.24) is 25.2 Å². The van der Waals surface area contributed by atoms with Gasteiger partial charge in [0.1, 0.15) is 11.5 Å². The van der Waals surface area contributed by atoms with Gasteiger partial charge < -0.3 is 0 Å². The first-order chi connectivity index (χ1) is 9.20. The molecule has 2 aromatic heterocycles. The first-order valence-electron chi connectivity index (χ1n) is 5.59. The number of tetrazole rings is 1. The van der Waals surface area contributed by atoms with Gasteiger partial charge in [-0.15, -0.1) is 16.7 Å². The number of rotatable bonds is 2. The van der Waals surface area contributed by atoms with Crippen LogP contribution >= 0.6 is 23.2 Å². The van der Waals surface area contributed by atoms with E-state index in [4.69, 9.17) is 23.2 Å². The number of pyridine rings is 1. The van der Waals surface area contributed by atoms with Crippen LogP contribution in [0.3, 0.4) is 0 Å². The average molecular weight is 294 g/mol. The van der Waals surface area contributed by atoms with Gasteiger partial charge in [0, 0.05) is 16.5 Å². The van der Waals surface area contributed by atoms with Gasteiger partial charge in [-0.2, -0.15) is 0 Å². The second-order valence-corrected chi connectivity index (χ2v) is 4.73. The number of halogens is 2. The highest BCUT2D eigenvalue weighted by molar-refractivity contribution is 6.31. The van der Waals surface area contributed by atoms with Crippen LogP contribution in [0.1, 0.15) is 11.1 Å². The van der Waals surface area contributed by atoms with Crippen molar-refractivity contribution in [3.63, 3.8) is 0 Å². The predicted octanol–water partition coefficient (Wildman–Crippen LogP) is 2.91. The zero-order valence-corrected chi connectivity index (χ0v) is 11.5. The Morgan fingerprint density at radius 2 is 2.16 bits per heavy atom. The Bertz CT molecular complexity index is 739. The van der Waals surface area contributed by atoms with Crippen LogP contribution in [0.4, 0.5) is 0 Å². The Balaban J connectivity index is 2.28. The van der Waals surface area contributed by atoms with Crippen molar-refractivity contribution in [2.45, 2.75) is 12.8 Å². The molecule has 0 amide bonds. The molecule has 2 heterocycles. The summed E-state index contributed by atoms with van der Waals surface area (Å²) in [6, 6.07) is 5.86. The molecule has 0 saturated carbocycles. The number of aryl methyl sites for hydroxylation is 1. The summed E-state index contributed by atoms with van der Waals surface area (Å²) >= 11 is 11.9. The zero-order chi connectivity index (χ0) is 13.4. The molecule has 1 aromatic carbocycles. The summed E-state index contributed by atoms with van der Waals surface area (Å²) in [5.74, 6) is 0.343. The van der Waals surface area contributed by atoms with Crippen molar-refractivity contribution in [3.8, 4) is 5.69 Å². The molecule has 0 spiro atoms. The molecule has 3 aromatic rings. The lowest BCUT2D eigenvalue weighted by atomic mass is 10.1. The van der Waals surface area contributed by atoms with Crippen LogP contribution in [0.15, 0.2) is 24.5 Å². The minimum absolute atomic E-state index is 0.343. The summed E-state index contributed by atoms with van der Waals surface area (Å²) in [5, 5.41) is 12.6. The molecule has 0 saturated heterocycles. The second kappa shape index (κ2) is 4.75. The first kappa shape index (κ1) is 12.3. The van der Waals surface area contributed by atoms with Gasteiger partial charge >= 0.3 is 0 Å². The molecule has 0 aliphatic carbocycles. The van der Waals surface area contributed by atoms with E-state index in [1.54, 1.807) is 11.0 Å². The van der Waals surface area contributed by atoms with Gasteiger partial charge in [-0.3, -0.25) is 0 Å². The molecular weight excluding hydrogens is 285 g/mol. The van der Waals surface area contributed by atoms with Crippen molar-refractivity contribution < 1.29 is 0 Å². The number of hydrogen-bond donors (Lipinski definition) is 0. The van der Waals surface area contributed by atoms with Gasteiger partial charge in [0.05, 0.1) is 17.1 Å². The highest BCUT2D eigenvalue weighted by Crippen LogP contribution is 2.27. The SMILES string of the molecule is Cc1c(-n2cnnn2)ccc2cc(CCl)c(Cl)nc12. The summed E-state index contributed by atoms with van der Waals surface area (Å²) in [4.78, 5) is 4.42. The number of benzene rings is 1. The standard InChI is InChI=1S/C12H9Cl2N5/c1-7-10(19-6-15-17-18-19)3-2-8-4-9(5-13)12(14)16-11(7)8/h2-4,6H,5H2,1H3. The quantitative estimate of drug-likeness (QED) is 0.538. The van der Waals surface area contributed by atoms with Crippen LogP contribution in [-0.2, 0) is 5.88 Å². The molecule has 0 aliphatic rings. The van der Waals surface area contributed by atoms with Crippen LogP contribution in [0, 0.1) is 6.92 Å². The monoisotopic (exact) mass is 293 g/mol. The van der Waals surface area contributed by atoms with Gasteiger partial charge in [0.2, 0.25) is 0 Å². The van der Waals surface area contributed by atoms with Gasteiger partial charge in [0.25, 0.3) is 0 Å². The first-order valence-corrected chi connectivity index (χ1v) is 6.50. The van der Waals surface area contributed by atoms with E-state index in [9.17, 15) is 0 Å². The molecule has 5 nitrogen and oxygen atoms in total. The van der Waals surface area contributed by atoms with Crippen LogP contribution in [0.25, 0.3) is 16.6 Å². The highest BCUT2D eigenvalue weighted by atomic mass is 35.5. The van der Waals surface area contributed by atoms with Crippen LogP contribution < -0.4 is 0 Å². The van der Waals surface area contributed by atoms with E-state index in [1.165, 1.54) is 0 Å². The van der Waals surface area contributed by atoms with Crippen molar-refractivity contribution >= 4 is 34.1 Å². The van der Waals surface area contributed by atoms with Gasteiger partial charge in [-0.25, -0.2) is 9.67 Å². The average Bonchev–Trinajstić information content (AvgIpc) is 2.93. The molecule has 0 radical (unpaired) electrons. The highest BCUT2D eigenvalue weighted by Gasteiger charge is 2.10. The van der Waals surface area contributed by atoms with Crippen molar-refractivity contribution in [3.05, 3.63) is 40.8 Å². The van der Waals surface area contributed by atoms with Gasteiger partial charge in [-0.1, -0.05) is 17.7 Å². The molecule has 96 valence electrons. The normalized spacial score (nSPS) is 11.1. The van der Waals surface area contributed by atoms with E-state index in [0.29, 0.717) is 11.0 Å². The summed E-state index contributed by atoms with van der Waals surface area (Å²) in [5.41, 5.74) is 3.49. The third-order valence-corrected chi connectivity index (χ3v) is 3.59. The third-order valence-electron chi connectivity index (χ3n) is 2.98. The molecule has 0 fully saturated rings. The maximum absolute atomic E-state index is 6.11. The Morgan fingerprint density at radius 1 is 1.32 bits per heavy atom. The lowest BCUT2D eigenvalue weighted by molar-refractivity contribution is 0.786. The molecule has 0 atom stereocenters. The Labute approximate surface area is 119 Å². The second-order valence-electron chi connectivity index (χ2n) is 4.11. The third kappa shape index (κ3) is 2.05. The fourth-order valence-corrected chi connectivity index (χ4v) is 2.48. The van der Waals surface area contributed by atoms with E-state index in [-0.39, 0.29) is 0 Å². The Kier molecular flexibility index (Phi) is 3.08. The number of alkyl halides is 1. The lowest BCUT2D eigenvalue weighted by Crippen LogP contribution is -2.00. The van der Waals surface area contributed by atoms with E-state index in [0.717, 1.165) is 27.7 Å². The number of hydrogen-bond acceptors (Lipinski definition) is 4. The summed E-state index contributed by atoms with van der Waals surface area (Å²) in [7, 11) is 0. The molecule has 7 heteroatoms. The van der Waals surface area contributed by atoms with E-state index in [2.05, 4.69) is 20.5 Å². The molecular formula is C12H9Cl2N5. The number of fused-ring (bicyclic) bond motifs is 1. The number of aromatic nitrogens is 5. The topological polar surface area (TPSA) is 56.5 Å². The Morgan fingerprint density at radius 3 is 2.84 bits per heavy atom.